The summed E-state index contributed by atoms with van der Waals surface area (Å²) in [6, 6.07) is 10.4. The van der Waals surface area contributed by atoms with E-state index in [9.17, 15) is 5.11 Å². The van der Waals surface area contributed by atoms with Gasteiger partial charge in [0, 0.05) is 5.38 Å². The number of hydrogen-bond acceptors (Lipinski definition) is 1. The van der Waals surface area contributed by atoms with Crippen molar-refractivity contribution in [1.29, 1.82) is 0 Å². The Balaban J connectivity index is 1.29. The number of aliphatic hydroxyl groups excluding tert-OH is 1. The van der Waals surface area contributed by atoms with Gasteiger partial charge in [0.25, 0.3) is 0 Å². The summed E-state index contributed by atoms with van der Waals surface area (Å²) >= 11 is 6.65. The molecule has 1 aromatic rings. The molecule has 2 rings (SSSR count). The fourth-order valence-corrected chi connectivity index (χ4v) is 5.97. The standard InChI is InChI=1S/C31H53ClO/c32-31-26-20-13-12-18-24-29(31)23-17-10-8-6-4-2-1-3-5-7-9-11-19-25-30(33)27-28-21-15-14-16-22-28/h14-16,21-22,29-31,33H,1-13,17-20,23-27H2/t29-,30?,31+/m0/s1. The second-order valence-corrected chi connectivity index (χ2v) is 11.3. The van der Waals surface area contributed by atoms with E-state index >= 15 is 0 Å². The molecule has 0 bridgehead atoms. The van der Waals surface area contributed by atoms with Gasteiger partial charge in [-0.25, -0.2) is 0 Å². The van der Waals surface area contributed by atoms with Crippen LogP contribution in [0.5, 0.6) is 0 Å². The van der Waals surface area contributed by atoms with Gasteiger partial charge in [-0.2, -0.15) is 0 Å². The molecule has 1 unspecified atom stereocenters. The average Bonchev–Trinajstić information content (AvgIpc) is 2.81. The highest BCUT2D eigenvalue weighted by Gasteiger charge is 2.20. The van der Waals surface area contributed by atoms with Gasteiger partial charge in [0.2, 0.25) is 0 Å². The van der Waals surface area contributed by atoms with Crippen molar-refractivity contribution in [2.45, 2.75) is 153 Å². The lowest BCUT2D eigenvalue weighted by Gasteiger charge is -2.24. The minimum Gasteiger partial charge on any atom is -0.393 e. The van der Waals surface area contributed by atoms with Crippen molar-refractivity contribution < 1.29 is 5.11 Å². The third-order valence-electron chi connectivity index (χ3n) is 7.74. The van der Waals surface area contributed by atoms with Crippen LogP contribution < -0.4 is 0 Å². The van der Waals surface area contributed by atoms with Gasteiger partial charge in [0.05, 0.1) is 6.10 Å². The Bertz CT molecular complexity index is 545. The molecule has 0 saturated heterocycles. The molecule has 33 heavy (non-hydrogen) atoms. The van der Waals surface area contributed by atoms with E-state index in [1.54, 1.807) is 0 Å². The van der Waals surface area contributed by atoms with E-state index in [1.807, 2.05) is 6.07 Å². The number of halogens is 1. The smallest absolute Gasteiger partial charge is 0.0580 e. The summed E-state index contributed by atoms with van der Waals surface area (Å²) in [4.78, 5) is 0. The Morgan fingerprint density at radius 3 is 1.79 bits per heavy atom. The fourth-order valence-electron chi connectivity index (χ4n) is 5.56. The molecule has 0 aliphatic heterocycles. The maximum Gasteiger partial charge on any atom is 0.0580 e. The molecule has 1 aliphatic rings. The van der Waals surface area contributed by atoms with Crippen molar-refractivity contribution in [3.63, 3.8) is 0 Å². The molecule has 1 aromatic carbocycles. The third-order valence-corrected chi connectivity index (χ3v) is 8.32. The van der Waals surface area contributed by atoms with Gasteiger partial charge in [-0.3, -0.25) is 0 Å². The largest absolute Gasteiger partial charge is 0.393 e. The molecule has 1 aliphatic carbocycles. The lowest BCUT2D eigenvalue weighted by atomic mass is 9.87. The molecule has 1 saturated carbocycles. The first-order chi connectivity index (χ1) is 16.3. The second kappa shape index (κ2) is 19.7. The molecular weight excluding hydrogens is 424 g/mol. The van der Waals surface area contributed by atoms with Crippen LogP contribution in [-0.2, 0) is 6.42 Å². The summed E-state index contributed by atoms with van der Waals surface area (Å²) in [6.45, 7) is 0. The molecule has 0 spiro atoms. The fraction of sp³-hybridized carbons (Fsp3) is 0.806. The topological polar surface area (TPSA) is 20.2 Å². The van der Waals surface area contributed by atoms with Crippen LogP contribution in [0, 0.1) is 5.92 Å². The molecule has 0 radical (unpaired) electrons. The van der Waals surface area contributed by atoms with Crippen LogP contribution in [0.25, 0.3) is 0 Å². The monoisotopic (exact) mass is 476 g/mol. The molecule has 190 valence electrons. The van der Waals surface area contributed by atoms with E-state index < -0.39 is 0 Å². The number of benzene rings is 1. The molecular formula is C31H53ClO. The summed E-state index contributed by atoms with van der Waals surface area (Å²) in [5, 5.41) is 10.6. The zero-order chi connectivity index (χ0) is 23.4. The van der Waals surface area contributed by atoms with Crippen molar-refractivity contribution in [2.75, 3.05) is 0 Å². The summed E-state index contributed by atoms with van der Waals surface area (Å²) in [6.07, 6.45) is 29.1. The van der Waals surface area contributed by atoms with Crippen LogP contribution in [0.1, 0.15) is 140 Å². The first-order valence-corrected chi connectivity index (χ1v) is 15.1. The van der Waals surface area contributed by atoms with Crippen LogP contribution in [-0.4, -0.2) is 16.6 Å². The SMILES string of the molecule is OC(CCCCCCCCCCCCCCC[C@H]1CCCCCC[C@H]1Cl)Cc1ccccc1. The Kier molecular flexibility index (Phi) is 17.2. The Labute approximate surface area is 211 Å². The third kappa shape index (κ3) is 15.2. The van der Waals surface area contributed by atoms with Crippen molar-refractivity contribution in [2.24, 2.45) is 5.92 Å². The van der Waals surface area contributed by atoms with E-state index in [0.29, 0.717) is 5.38 Å². The first-order valence-electron chi connectivity index (χ1n) is 14.6. The van der Waals surface area contributed by atoms with E-state index in [2.05, 4.69) is 24.3 Å². The predicted octanol–water partition coefficient (Wildman–Crippen LogP) is 10.0. The predicted molar refractivity (Wildman–Crippen MR) is 146 cm³/mol. The van der Waals surface area contributed by atoms with Gasteiger partial charge in [0.1, 0.15) is 0 Å². The van der Waals surface area contributed by atoms with Crippen molar-refractivity contribution in [3.05, 3.63) is 35.9 Å². The van der Waals surface area contributed by atoms with Crippen molar-refractivity contribution in [1.82, 2.24) is 0 Å². The zero-order valence-electron chi connectivity index (χ0n) is 21.5. The Morgan fingerprint density at radius 1 is 0.667 bits per heavy atom. The molecule has 1 nitrogen and oxygen atoms in total. The van der Waals surface area contributed by atoms with E-state index in [0.717, 1.165) is 18.8 Å². The molecule has 0 amide bonds. The lowest BCUT2D eigenvalue weighted by molar-refractivity contribution is 0.161. The molecule has 0 heterocycles. The number of rotatable bonds is 18. The van der Waals surface area contributed by atoms with Crippen LogP contribution in [0.3, 0.4) is 0 Å². The average molecular weight is 477 g/mol. The number of aliphatic hydroxyl groups is 1. The van der Waals surface area contributed by atoms with Gasteiger partial charge in [-0.05, 0) is 43.6 Å². The van der Waals surface area contributed by atoms with Crippen LogP contribution >= 0.6 is 11.6 Å². The Hall–Kier alpha value is -0.530. The van der Waals surface area contributed by atoms with Crippen LogP contribution in [0.4, 0.5) is 0 Å². The number of unbranched alkanes of at least 4 members (excludes halogenated alkanes) is 12. The van der Waals surface area contributed by atoms with Gasteiger partial charge in [0.15, 0.2) is 0 Å². The minimum absolute atomic E-state index is 0.175. The molecule has 0 aromatic heterocycles. The second-order valence-electron chi connectivity index (χ2n) is 10.8. The number of hydrogen-bond donors (Lipinski definition) is 1. The molecule has 1 N–H and O–H groups in total. The summed E-state index contributed by atoms with van der Waals surface area (Å²) < 4.78 is 0. The van der Waals surface area contributed by atoms with Gasteiger partial charge in [-0.1, -0.05) is 139 Å². The highest BCUT2D eigenvalue weighted by atomic mass is 35.5. The highest BCUT2D eigenvalue weighted by Crippen LogP contribution is 2.30. The van der Waals surface area contributed by atoms with E-state index in [-0.39, 0.29) is 6.10 Å². The van der Waals surface area contributed by atoms with Gasteiger partial charge in [-0.15, -0.1) is 11.6 Å². The maximum atomic E-state index is 10.2. The van der Waals surface area contributed by atoms with Gasteiger partial charge >= 0.3 is 0 Å². The summed E-state index contributed by atoms with van der Waals surface area (Å²) in [5.74, 6) is 0.798. The van der Waals surface area contributed by atoms with Gasteiger partial charge < -0.3 is 5.11 Å². The Morgan fingerprint density at radius 2 is 1.18 bits per heavy atom. The zero-order valence-corrected chi connectivity index (χ0v) is 22.3. The summed E-state index contributed by atoms with van der Waals surface area (Å²) in [7, 11) is 0. The molecule has 1 fully saturated rings. The van der Waals surface area contributed by atoms with Crippen LogP contribution in [0.2, 0.25) is 0 Å². The van der Waals surface area contributed by atoms with E-state index in [4.69, 9.17) is 11.6 Å². The quantitative estimate of drug-likeness (QED) is 0.165. The minimum atomic E-state index is -0.175. The normalized spacial score (nSPS) is 20.3. The molecule has 3 atom stereocenters. The van der Waals surface area contributed by atoms with E-state index in [1.165, 1.54) is 134 Å². The highest BCUT2D eigenvalue weighted by molar-refractivity contribution is 6.20. The van der Waals surface area contributed by atoms with Crippen LogP contribution in [0.15, 0.2) is 30.3 Å². The first kappa shape index (κ1) is 28.7. The van der Waals surface area contributed by atoms with Crippen molar-refractivity contribution in [3.8, 4) is 0 Å². The number of alkyl halides is 1. The van der Waals surface area contributed by atoms with Crippen molar-refractivity contribution >= 4 is 11.6 Å². The summed E-state index contributed by atoms with van der Waals surface area (Å²) in [5.41, 5.74) is 1.25. The maximum absolute atomic E-state index is 10.2. The lowest BCUT2D eigenvalue weighted by Crippen LogP contribution is -2.17. The molecule has 2 heteroatoms.